The fourth-order valence-corrected chi connectivity index (χ4v) is 3.22. The predicted octanol–water partition coefficient (Wildman–Crippen LogP) is 2.42. The molecule has 3 rings (SSSR count). The van der Waals surface area contributed by atoms with Gasteiger partial charge in [-0.2, -0.15) is 0 Å². The van der Waals surface area contributed by atoms with Gasteiger partial charge in [0.25, 0.3) is 0 Å². The molecule has 14 heavy (non-hydrogen) atoms. The molecule has 1 heteroatoms. The van der Waals surface area contributed by atoms with Gasteiger partial charge in [-0.3, -0.25) is 0 Å². The Morgan fingerprint density at radius 3 is 3.00 bits per heavy atom. The second-order valence-electron chi connectivity index (χ2n) is 4.68. The molecule has 1 fully saturated rings. The lowest BCUT2D eigenvalue weighted by atomic mass is 9.80. The van der Waals surface area contributed by atoms with Gasteiger partial charge in [0.15, 0.2) is 0 Å². The topological polar surface area (TPSA) is 3.24 Å². The average molecular weight is 187 g/mol. The van der Waals surface area contributed by atoms with Crippen LogP contribution in [0.4, 0.5) is 0 Å². The van der Waals surface area contributed by atoms with Crippen LogP contribution in [0.5, 0.6) is 0 Å². The minimum atomic E-state index is 0.824. The van der Waals surface area contributed by atoms with Crippen molar-refractivity contribution in [2.75, 3.05) is 13.6 Å². The Morgan fingerprint density at radius 1 is 1.21 bits per heavy atom. The molecule has 2 unspecified atom stereocenters. The number of likely N-dealkylation sites (tertiary alicyclic amines) is 1. The third kappa shape index (κ3) is 1.12. The van der Waals surface area contributed by atoms with Crippen LogP contribution < -0.4 is 0 Å². The number of benzene rings is 1. The SMILES string of the molecule is CN1CCC2c3ccccc3CCC21. The van der Waals surface area contributed by atoms with Crippen LogP contribution in [-0.4, -0.2) is 24.5 Å². The highest BCUT2D eigenvalue weighted by Gasteiger charge is 2.36. The molecule has 2 aliphatic rings. The van der Waals surface area contributed by atoms with Gasteiger partial charge in [-0.25, -0.2) is 0 Å². The van der Waals surface area contributed by atoms with Crippen molar-refractivity contribution >= 4 is 0 Å². The van der Waals surface area contributed by atoms with E-state index in [4.69, 9.17) is 0 Å². The maximum Gasteiger partial charge on any atom is 0.0165 e. The normalized spacial score (nSPS) is 31.2. The fraction of sp³-hybridized carbons (Fsp3) is 0.538. The van der Waals surface area contributed by atoms with Gasteiger partial charge < -0.3 is 4.90 Å². The van der Waals surface area contributed by atoms with Crippen molar-refractivity contribution in [3.05, 3.63) is 35.4 Å². The zero-order valence-corrected chi connectivity index (χ0v) is 8.74. The first-order valence-electron chi connectivity index (χ1n) is 5.64. The minimum Gasteiger partial charge on any atom is -0.303 e. The molecule has 1 aliphatic carbocycles. The van der Waals surface area contributed by atoms with Crippen molar-refractivity contribution in [3.63, 3.8) is 0 Å². The first kappa shape index (κ1) is 8.49. The quantitative estimate of drug-likeness (QED) is 0.603. The molecule has 0 amide bonds. The van der Waals surface area contributed by atoms with Crippen LogP contribution >= 0.6 is 0 Å². The van der Waals surface area contributed by atoms with Crippen LogP contribution in [0.25, 0.3) is 0 Å². The predicted molar refractivity (Wildman–Crippen MR) is 58.5 cm³/mol. The Kier molecular flexibility index (Phi) is 1.88. The lowest BCUT2D eigenvalue weighted by molar-refractivity contribution is 0.275. The van der Waals surface area contributed by atoms with Crippen LogP contribution in [0, 0.1) is 0 Å². The van der Waals surface area contributed by atoms with E-state index < -0.39 is 0 Å². The van der Waals surface area contributed by atoms with Crippen LogP contribution in [-0.2, 0) is 6.42 Å². The first-order valence-corrected chi connectivity index (χ1v) is 5.64. The summed E-state index contributed by atoms with van der Waals surface area (Å²) in [6.45, 7) is 1.28. The number of rotatable bonds is 0. The third-order valence-corrected chi connectivity index (χ3v) is 3.99. The van der Waals surface area contributed by atoms with Gasteiger partial charge in [-0.1, -0.05) is 24.3 Å². The smallest absolute Gasteiger partial charge is 0.0165 e. The molecule has 0 radical (unpaired) electrons. The summed E-state index contributed by atoms with van der Waals surface area (Å²) < 4.78 is 0. The highest BCUT2D eigenvalue weighted by atomic mass is 15.2. The van der Waals surface area contributed by atoms with Gasteiger partial charge in [0, 0.05) is 12.0 Å². The zero-order valence-electron chi connectivity index (χ0n) is 8.74. The second kappa shape index (κ2) is 3.09. The number of hydrogen-bond donors (Lipinski definition) is 0. The van der Waals surface area contributed by atoms with Crippen molar-refractivity contribution in [2.45, 2.75) is 31.2 Å². The van der Waals surface area contributed by atoms with Crippen molar-refractivity contribution < 1.29 is 0 Å². The van der Waals surface area contributed by atoms with Crippen LogP contribution in [0.3, 0.4) is 0 Å². The fourth-order valence-electron chi connectivity index (χ4n) is 3.22. The number of fused-ring (bicyclic) bond motifs is 3. The number of nitrogens with zero attached hydrogens (tertiary/aromatic N) is 1. The maximum atomic E-state index is 2.54. The Hall–Kier alpha value is -0.820. The summed E-state index contributed by atoms with van der Waals surface area (Å²) in [7, 11) is 2.28. The van der Waals surface area contributed by atoms with Gasteiger partial charge in [-0.15, -0.1) is 0 Å². The van der Waals surface area contributed by atoms with Crippen molar-refractivity contribution in [1.82, 2.24) is 4.90 Å². The van der Waals surface area contributed by atoms with Crippen LogP contribution in [0.2, 0.25) is 0 Å². The molecular weight excluding hydrogens is 170 g/mol. The van der Waals surface area contributed by atoms with Gasteiger partial charge in [-0.05, 0) is 44.0 Å². The van der Waals surface area contributed by atoms with E-state index in [9.17, 15) is 0 Å². The molecule has 2 atom stereocenters. The minimum absolute atomic E-state index is 0.824. The maximum absolute atomic E-state index is 2.54. The van der Waals surface area contributed by atoms with E-state index in [1.807, 2.05) is 0 Å². The lowest BCUT2D eigenvalue weighted by Crippen LogP contribution is -2.31. The Bertz CT molecular complexity index is 345. The van der Waals surface area contributed by atoms with Gasteiger partial charge >= 0.3 is 0 Å². The summed E-state index contributed by atoms with van der Waals surface area (Å²) >= 11 is 0. The molecule has 1 heterocycles. The molecule has 0 aromatic heterocycles. The molecule has 0 spiro atoms. The molecular formula is C13H17N. The molecule has 74 valence electrons. The summed E-state index contributed by atoms with van der Waals surface area (Å²) in [6, 6.07) is 9.84. The third-order valence-electron chi connectivity index (χ3n) is 3.99. The molecule has 0 saturated carbocycles. The molecule has 1 aromatic rings. The number of aryl methyl sites for hydroxylation is 1. The average Bonchev–Trinajstić information content (AvgIpc) is 2.61. The summed E-state index contributed by atoms with van der Waals surface area (Å²) in [5.74, 6) is 0.824. The zero-order chi connectivity index (χ0) is 9.54. The van der Waals surface area contributed by atoms with Gasteiger partial charge in [0.05, 0.1) is 0 Å². The van der Waals surface area contributed by atoms with E-state index >= 15 is 0 Å². The van der Waals surface area contributed by atoms with Crippen molar-refractivity contribution in [2.24, 2.45) is 0 Å². The standard InChI is InChI=1S/C13H17N/c1-14-9-8-12-11-5-3-2-4-10(11)6-7-13(12)14/h2-5,12-13H,6-9H2,1H3. The molecule has 1 nitrogen and oxygen atoms in total. The highest BCUT2D eigenvalue weighted by molar-refractivity contribution is 5.35. The van der Waals surface area contributed by atoms with E-state index in [1.54, 1.807) is 11.1 Å². The first-order chi connectivity index (χ1) is 6.86. The van der Waals surface area contributed by atoms with E-state index in [-0.39, 0.29) is 0 Å². The largest absolute Gasteiger partial charge is 0.303 e. The summed E-state index contributed by atoms with van der Waals surface area (Å²) in [4.78, 5) is 2.54. The highest BCUT2D eigenvalue weighted by Crippen LogP contribution is 2.40. The van der Waals surface area contributed by atoms with E-state index in [1.165, 1.54) is 25.8 Å². The summed E-state index contributed by atoms with van der Waals surface area (Å²) in [5.41, 5.74) is 3.23. The Morgan fingerprint density at radius 2 is 2.07 bits per heavy atom. The second-order valence-corrected chi connectivity index (χ2v) is 4.68. The molecule has 1 saturated heterocycles. The van der Waals surface area contributed by atoms with Crippen molar-refractivity contribution in [1.29, 1.82) is 0 Å². The van der Waals surface area contributed by atoms with Gasteiger partial charge in [0.1, 0.15) is 0 Å². The molecule has 1 aliphatic heterocycles. The van der Waals surface area contributed by atoms with E-state index in [0.29, 0.717) is 0 Å². The molecule has 0 N–H and O–H groups in total. The summed E-state index contributed by atoms with van der Waals surface area (Å²) in [5, 5.41) is 0. The van der Waals surface area contributed by atoms with Crippen molar-refractivity contribution in [3.8, 4) is 0 Å². The Balaban J connectivity index is 2.03. The Labute approximate surface area is 85.7 Å². The number of likely N-dealkylation sites (N-methyl/N-ethyl adjacent to an activating group) is 1. The number of hydrogen-bond acceptors (Lipinski definition) is 1. The van der Waals surface area contributed by atoms with E-state index in [2.05, 4.69) is 36.2 Å². The molecule has 0 bridgehead atoms. The van der Waals surface area contributed by atoms with E-state index in [0.717, 1.165) is 12.0 Å². The van der Waals surface area contributed by atoms with Gasteiger partial charge in [0.2, 0.25) is 0 Å². The lowest BCUT2D eigenvalue weighted by Gasteiger charge is -2.31. The summed E-state index contributed by atoms with van der Waals surface area (Å²) in [6.07, 6.45) is 4.00. The van der Waals surface area contributed by atoms with Crippen LogP contribution in [0.1, 0.15) is 29.9 Å². The van der Waals surface area contributed by atoms with Crippen LogP contribution in [0.15, 0.2) is 24.3 Å². The monoisotopic (exact) mass is 187 g/mol. The molecule has 1 aromatic carbocycles.